The van der Waals surface area contributed by atoms with Crippen LogP contribution in [0.2, 0.25) is 0 Å². The summed E-state index contributed by atoms with van der Waals surface area (Å²) in [5.74, 6) is 0.651. The number of hydrogen-bond acceptors (Lipinski definition) is 3. The van der Waals surface area contributed by atoms with Gasteiger partial charge in [-0.3, -0.25) is 4.79 Å². The van der Waals surface area contributed by atoms with E-state index < -0.39 is 0 Å². The summed E-state index contributed by atoms with van der Waals surface area (Å²) < 4.78 is 0. The summed E-state index contributed by atoms with van der Waals surface area (Å²) in [6.07, 6.45) is 0.476. The third kappa shape index (κ3) is 3.63. The van der Waals surface area contributed by atoms with Gasteiger partial charge in [-0.25, -0.2) is 4.98 Å². The number of imidazole rings is 1. The zero-order valence-corrected chi connectivity index (χ0v) is 12.8. The second kappa shape index (κ2) is 6.44. The summed E-state index contributed by atoms with van der Waals surface area (Å²) in [6.45, 7) is 1.48. The molecule has 23 heavy (non-hydrogen) atoms. The number of anilines is 1. The van der Waals surface area contributed by atoms with Gasteiger partial charge >= 0.3 is 0 Å². The monoisotopic (exact) mass is 307 g/mol. The van der Waals surface area contributed by atoms with Crippen LogP contribution in [-0.4, -0.2) is 21.7 Å². The lowest BCUT2D eigenvalue weighted by Gasteiger charge is -2.05. The average Bonchev–Trinajstić information content (AvgIpc) is 2.97. The molecule has 3 aromatic rings. The van der Waals surface area contributed by atoms with Gasteiger partial charge in [0.25, 0.3) is 0 Å². The van der Waals surface area contributed by atoms with E-state index in [0.29, 0.717) is 5.69 Å². The molecule has 0 saturated heterocycles. The Bertz CT molecular complexity index is 817. The summed E-state index contributed by atoms with van der Waals surface area (Å²) in [4.78, 5) is 30.4. The van der Waals surface area contributed by atoms with Gasteiger partial charge in [-0.1, -0.05) is 12.1 Å². The fraction of sp³-hybridized carbons (Fsp3) is 0.167. The summed E-state index contributed by atoms with van der Waals surface area (Å²) in [5.41, 5.74) is 3.56. The molecule has 0 radical (unpaired) electrons. The molecular formula is C18H17N3O2. The zero-order valence-electron chi connectivity index (χ0n) is 12.8. The van der Waals surface area contributed by atoms with Crippen LogP contribution >= 0.6 is 0 Å². The van der Waals surface area contributed by atoms with Gasteiger partial charge in [-0.05, 0) is 43.3 Å². The van der Waals surface area contributed by atoms with Gasteiger partial charge in [-0.2, -0.15) is 0 Å². The van der Waals surface area contributed by atoms with E-state index in [9.17, 15) is 9.59 Å². The molecule has 5 nitrogen and oxygen atoms in total. The van der Waals surface area contributed by atoms with Crippen LogP contribution < -0.4 is 5.32 Å². The van der Waals surface area contributed by atoms with Gasteiger partial charge in [0.2, 0.25) is 5.91 Å². The molecule has 116 valence electrons. The molecule has 0 spiro atoms. The second-order valence-corrected chi connectivity index (χ2v) is 5.43. The molecule has 0 unspecified atom stereocenters. The zero-order chi connectivity index (χ0) is 16.2. The van der Waals surface area contributed by atoms with Crippen LogP contribution in [0.3, 0.4) is 0 Å². The van der Waals surface area contributed by atoms with E-state index >= 15 is 0 Å². The first-order valence-electron chi connectivity index (χ1n) is 7.46. The van der Waals surface area contributed by atoms with Crippen LogP contribution in [0, 0.1) is 0 Å². The molecular weight excluding hydrogens is 290 g/mol. The predicted molar refractivity (Wildman–Crippen MR) is 90.1 cm³/mol. The molecule has 2 aromatic carbocycles. The molecule has 5 heteroatoms. The second-order valence-electron chi connectivity index (χ2n) is 5.43. The topological polar surface area (TPSA) is 74.8 Å². The largest absolute Gasteiger partial charge is 0.338 e. The Morgan fingerprint density at radius 2 is 1.78 bits per heavy atom. The number of nitrogens with one attached hydrogen (secondary N) is 2. The SMILES string of the molecule is CC(=O)CCC(=O)Nc1ccc(-c2nc3ccccc3[nH]2)cc1. The van der Waals surface area contributed by atoms with Gasteiger partial charge in [0.1, 0.15) is 11.6 Å². The standard InChI is InChI=1S/C18H17N3O2/c1-12(22)6-11-17(23)19-14-9-7-13(8-10-14)18-20-15-4-2-3-5-16(15)21-18/h2-5,7-10H,6,11H2,1H3,(H,19,23)(H,20,21). The molecule has 0 bridgehead atoms. The number of para-hydroxylation sites is 2. The van der Waals surface area contributed by atoms with Gasteiger partial charge in [0.05, 0.1) is 11.0 Å². The highest BCUT2D eigenvalue weighted by Crippen LogP contribution is 2.22. The number of aromatic amines is 1. The quantitative estimate of drug-likeness (QED) is 0.757. The smallest absolute Gasteiger partial charge is 0.224 e. The van der Waals surface area contributed by atoms with Crippen LogP contribution in [-0.2, 0) is 9.59 Å². The highest BCUT2D eigenvalue weighted by atomic mass is 16.2. The highest BCUT2D eigenvalue weighted by molar-refractivity contribution is 5.93. The summed E-state index contributed by atoms with van der Waals surface area (Å²) in [7, 11) is 0. The molecule has 0 atom stereocenters. The molecule has 2 N–H and O–H groups in total. The van der Waals surface area contributed by atoms with E-state index in [1.807, 2.05) is 48.5 Å². The lowest BCUT2D eigenvalue weighted by atomic mass is 10.2. The minimum Gasteiger partial charge on any atom is -0.338 e. The van der Waals surface area contributed by atoms with E-state index in [0.717, 1.165) is 22.4 Å². The van der Waals surface area contributed by atoms with E-state index in [2.05, 4.69) is 15.3 Å². The number of carbonyl (C=O) groups excluding carboxylic acids is 2. The molecule has 0 aliphatic carbocycles. The Balaban J connectivity index is 1.71. The van der Waals surface area contributed by atoms with Crippen molar-refractivity contribution in [3.63, 3.8) is 0 Å². The Hall–Kier alpha value is -2.95. The predicted octanol–water partition coefficient (Wildman–Crippen LogP) is 3.54. The van der Waals surface area contributed by atoms with Crippen LogP contribution in [0.1, 0.15) is 19.8 Å². The van der Waals surface area contributed by atoms with Crippen molar-refractivity contribution in [1.29, 1.82) is 0 Å². The number of H-pyrrole nitrogens is 1. The number of carbonyl (C=O) groups is 2. The Morgan fingerprint density at radius 3 is 2.48 bits per heavy atom. The Kier molecular flexibility index (Phi) is 4.19. The minimum atomic E-state index is -0.156. The maximum absolute atomic E-state index is 11.7. The van der Waals surface area contributed by atoms with Crippen molar-refractivity contribution < 1.29 is 9.59 Å². The number of nitrogens with zero attached hydrogens (tertiary/aromatic N) is 1. The number of rotatable bonds is 5. The van der Waals surface area contributed by atoms with Gasteiger partial charge in [0.15, 0.2) is 0 Å². The fourth-order valence-corrected chi connectivity index (χ4v) is 2.31. The Morgan fingerprint density at radius 1 is 1.04 bits per heavy atom. The number of fused-ring (bicyclic) bond motifs is 1. The van der Waals surface area contributed by atoms with Crippen molar-refractivity contribution in [1.82, 2.24) is 9.97 Å². The minimum absolute atomic E-state index is 0.0142. The Labute approximate surface area is 133 Å². The average molecular weight is 307 g/mol. The van der Waals surface area contributed by atoms with Crippen LogP contribution in [0.25, 0.3) is 22.4 Å². The van der Waals surface area contributed by atoms with Crippen molar-refractivity contribution in [2.24, 2.45) is 0 Å². The van der Waals surface area contributed by atoms with Crippen molar-refractivity contribution in [2.75, 3.05) is 5.32 Å². The molecule has 0 saturated carbocycles. The van der Waals surface area contributed by atoms with E-state index in [4.69, 9.17) is 0 Å². The molecule has 3 rings (SSSR count). The summed E-state index contributed by atoms with van der Waals surface area (Å²) in [5, 5.41) is 2.78. The molecule has 0 fully saturated rings. The lowest BCUT2D eigenvalue weighted by molar-refractivity contribution is -0.121. The van der Waals surface area contributed by atoms with Gasteiger partial charge in [-0.15, -0.1) is 0 Å². The van der Waals surface area contributed by atoms with Crippen molar-refractivity contribution in [2.45, 2.75) is 19.8 Å². The highest BCUT2D eigenvalue weighted by Gasteiger charge is 2.07. The molecule has 1 amide bonds. The molecule has 1 aromatic heterocycles. The molecule has 0 aliphatic rings. The molecule has 1 heterocycles. The third-order valence-corrected chi connectivity index (χ3v) is 3.54. The maximum Gasteiger partial charge on any atom is 0.224 e. The first kappa shape index (κ1) is 15.0. The van der Waals surface area contributed by atoms with Gasteiger partial charge < -0.3 is 15.1 Å². The number of aromatic nitrogens is 2. The van der Waals surface area contributed by atoms with Gasteiger partial charge in [0, 0.05) is 24.1 Å². The summed E-state index contributed by atoms with van der Waals surface area (Å²) >= 11 is 0. The number of amides is 1. The van der Waals surface area contributed by atoms with Crippen molar-refractivity contribution >= 4 is 28.4 Å². The number of Topliss-reactive ketones (excluding diaryl/α,β-unsaturated/α-hetero) is 1. The van der Waals surface area contributed by atoms with Crippen molar-refractivity contribution in [3.05, 3.63) is 48.5 Å². The normalized spacial score (nSPS) is 10.7. The first-order chi connectivity index (χ1) is 11.1. The third-order valence-electron chi connectivity index (χ3n) is 3.54. The van der Waals surface area contributed by atoms with Crippen LogP contribution in [0.4, 0.5) is 5.69 Å². The van der Waals surface area contributed by atoms with E-state index in [1.165, 1.54) is 6.92 Å². The first-order valence-corrected chi connectivity index (χ1v) is 7.46. The number of benzene rings is 2. The van der Waals surface area contributed by atoms with Crippen molar-refractivity contribution in [3.8, 4) is 11.4 Å². The lowest BCUT2D eigenvalue weighted by Crippen LogP contribution is -2.12. The summed E-state index contributed by atoms with van der Waals surface area (Å²) in [6, 6.07) is 15.3. The maximum atomic E-state index is 11.7. The van der Waals surface area contributed by atoms with Crippen LogP contribution in [0.15, 0.2) is 48.5 Å². The number of ketones is 1. The fourth-order valence-electron chi connectivity index (χ4n) is 2.31. The number of hydrogen-bond donors (Lipinski definition) is 2. The van der Waals surface area contributed by atoms with E-state index in [-0.39, 0.29) is 24.5 Å². The van der Waals surface area contributed by atoms with E-state index in [1.54, 1.807) is 0 Å². The molecule has 0 aliphatic heterocycles. The van der Waals surface area contributed by atoms with Crippen LogP contribution in [0.5, 0.6) is 0 Å².